The van der Waals surface area contributed by atoms with E-state index in [0.717, 1.165) is 12.8 Å². The lowest BCUT2D eigenvalue weighted by atomic mass is 10.0. The Labute approximate surface area is 103 Å². The van der Waals surface area contributed by atoms with Crippen molar-refractivity contribution in [3.63, 3.8) is 0 Å². The number of halogens is 3. The van der Waals surface area contributed by atoms with Gasteiger partial charge in [-0.3, -0.25) is 4.90 Å². The molecule has 0 aromatic rings. The highest BCUT2D eigenvalue weighted by Gasteiger charge is 2.42. The minimum atomic E-state index is -4.11. The Morgan fingerprint density at radius 2 is 1.53 bits per heavy atom. The Morgan fingerprint density at radius 1 is 1.00 bits per heavy atom. The van der Waals surface area contributed by atoms with Gasteiger partial charge in [0.05, 0.1) is 0 Å². The lowest BCUT2D eigenvalue weighted by Crippen LogP contribution is -2.44. The second kappa shape index (κ2) is 7.24. The Morgan fingerprint density at radius 3 is 1.88 bits per heavy atom. The van der Waals surface area contributed by atoms with Crippen LogP contribution in [0.2, 0.25) is 0 Å². The summed E-state index contributed by atoms with van der Waals surface area (Å²) < 4.78 is 38.6. The van der Waals surface area contributed by atoms with Crippen LogP contribution in [0.25, 0.3) is 0 Å². The molecule has 0 aliphatic carbocycles. The van der Waals surface area contributed by atoms with Gasteiger partial charge in [-0.1, -0.05) is 27.7 Å². The molecule has 0 aromatic carbocycles. The Hall–Kier alpha value is -0.250. The van der Waals surface area contributed by atoms with E-state index in [9.17, 15) is 13.2 Å². The number of rotatable bonds is 7. The molecule has 0 bridgehead atoms. The van der Waals surface area contributed by atoms with Crippen LogP contribution < -0.4 is 0 Å². The second-order valence-corrected chi connectivity index (χ2v) is 5.70. The fourth-order valence-corrected chi connectivity index (χ4v) is 1.91. The van der Waals surface area contributed by atoms with Crippen LogP contribution in [0.3, 0.4) is 0 Å². The van der Waals surface area contributed by atoms with Crippen molar-refractivity contribution < 1.29 is 13.2 Å². The van der Waals surface area contributed by atoms with E-state index in [-0.39, 0.29) is 12.3 Å². The van der Waals surface area contributed by atoms with Gasteiger partial charge in [-0.2, -0.15) is 13.2 Å². The number of hydrogen-bond acceptors (Lipinski definition) is 1. The van der Waals surface area contributed by atoms with Crippen LogP contribution in [-0.4, -0.2) is 30.7 Å². The Balaban J connectivity index is 4.28. The summed E-state index contributed by atoms with van der Waals surface area (Å²) in [7, 11) is 1.58. The van der Waals surface area contributed by atoms with Gasteiger partial charge in [0.15, 0.2) is 0 Å². The van der Waals surface area contributed by atoms with Gasteiger partial charge >= 0.3 is 6.18 Å². The fraction of sp³-hybridized carbons (Fsp3) is 1.00. The topological polar surface area (TPSA) is 3.24 Å². The molecule has 0 aliphatic rings. The molecule has 0 spiro atoms. The van der Waals surface area contributed by atoms with Gasteiger partial charge < -0.3 is 0 Å². The standard InChI is InChI=1S/C13H26F3N/c1-10(2)7-6-8-17(5)12(9-11(3)4)13(14,15)16/h10-12H,6-9H2,1-5H3. The predicted octanol–water partition coefficient (Wildman–Crippen LogP) is 4.33. The van der Waals surface area contributed by atoms with E-state index in [1.807, 2.05) is 13.8 Å². The molecule has 0 aromatic heterocycles. The maximum absolute atomic E-state index is 12.9. The van der Waals surface area contributed by atoms with Crippen molar-refractivity contribution in [1.29, 1.82) is 0 Å². The van der Waals surface area contributed by atoms with Crippen LogP contribution in [-0.2, 0) is 0 Å². The zero-order valence-electron chi connectivity index (χ0n) is 11.6. The van der Waals surface area contributed by atoms with Gasteiger partial charge in [-0.05, 0) is 44.7 Å². The molecule has 0 saturated heterocycles. The first-order valence-electron chi connectivity index (χ1n) is 6.41. The molecular weight excluding hydrogens is 227 g/mol. The van der Waals surface area contributed by atoms with Crippen molar-refractivity contribution >= 4 is 0 Å². The molecule has 0 N–H and O–H groups in total. The third kappa shape index (κ3) is 7.63. The summed E-state index contributed by atoms with van der Waals surface area (Å²) in [6.07, 6.45) is -2.12. The maximum Gasteiger partial charge on any atom is 0.404 e. The lowest BCUT2D eigenvalue weighted by Gasteiger charge is -2.31. The van der Waals surface area contributed by atoms with E-state index in [4.69, 9.17) is 0 Å². The van der Waals surface area contributed by atoms with Gasteiger partial charge in [-0.15, -0.1) is 0 Å². The van der Waals surface area contributed by atoms with Crippen molar-refractivity contribution in [2.24, 2.45) is 11.8 Å². The van der Waals surface area contributed by atoms with Gasteiger partial charge in [-0.25, -0.2) is 0 Å². The van der Waals surface area contributed by atoms with E-state index in [0.29, 0.717) is 12.5 Å². The number of alkyl halides is 3. The third-order valence-electron chi connectivity index (χ3n) is 2.90. The largest absolute Gasteiger partial charge is 0.404 e. The van der Waals surface area contributed by atoms with E-state index < -0.39 is 12.2 Å². The highest BCUT2D eigenvalue weighted by molar-refractivity contribution is 4.78. The summed E-state index contributed by atoms with van der Waals surface area (Å²) >= 11 is 0. The quantitative estimate of drug-likeness (QED) is 0.652. The molecule has 0 aliphatic heterocycles. The normalized spacial score (nSPS) is 15.0. The maximum atomic E-state index is 12.9. The molecule has 0 rings (SSSR count). The number of nitrogens with zero attached hydrogens (tertiary/aromatic N) is 1. The van der Waals surface area contributed by atoms with Gasteiger partial charge in [0.1, 0.15) is 6.04 Å². The zero-order valence-corrected chi connectivity index (χ0v) is 11.6. The fourth-order valence-electron chi connectivity index (χ4n) is 1.91. The van der Waals surface area contributed by atoms with Crippen molar-refractivity contribution in [3.8, 4) is 0 Å². The first-order chi connectivity index (χ1) is 7.64. The molecule has 0 amide bonds. The monoisotopic (exact) mass is 253 g/mol. The average molecular weight is 253 g/mol. The highest BCUT2D eigenvalue weighted by Crippen LogP contribution is 2.29. The van der Waals surface area contributed by atoms with Crippen LogP contribution >= 0.6 is 0 Å². The summed E-state index contributed by atoms with van der Waals surface area (Å²) in [5, 5.41) is 0. The van der Waals surface area contributed by atoms with Crippen LogP contribution in [0.15, 0.2) is 0 Å². The third-order valence-corrected chi connectivity index (χ3v) is 2.90. The Bertz CT molecular complexity index is 199. The molecule has 1 atom stereocenters. The molecule has 0 heterocycles. The number of hydrogen-bond donors (Lipinski definition) is 0. The zero-order chi connectivity index (χ0) is 13.6. The summed E-state index contributed by atoms with van der Waals surface area (Å²) in [4.78, 5) is 1.46. The summed E-state index contributed by atoms with van der Waals surface area (Å²) in [6, 6.07) is -1.30. The molecular formula is C13H26F3N. The molecule has 1 nitrogen and oxygen atoms in total. The highest BCUT2D eigenvalue weighted by atomic mass is 19.4. The van der Waals surface area contributed by atoms with E-state index in [2.05, 4.69) is 13.8 Å². The Kier molecular flexibility index (Phi) is 7.14. The van der Waals surface area contributed by atoms with Crippen LogP contribution in [0.1, 0.15) is 47.0 Å². The minimum Gasteiger partial charge on any atom is -0.295 e. The van der Waals surface area contributed by atoms with Crippen LogP contribution in [0.5, 0.6) is 0 Å². The summed E-state index contributed by atoms with van der Waals surface area (Å²) in [5.74, 6) is 0.618. The van der Waals surface area contributed by atoms with Crippen LogP contribution in [0.4, 0.5) is 13.2 Å². The average Bonchev–Trinajstić information content (AvgIpc) is 2.11. The lowest BCUT2D eigenvalue weighted by molar-refractivity contribution is -0.184. The molecule has 0 saturated carbocycles. The van der Waals surface area contributed by atoms with Gasteiger partial charge in [0, 0.05) is 0 Å². The first-order valence-corrected chi connectivity index (χ1v) is 6.41. The van der Waals surface area contributed by atoms with E-state index in [1.54, 1.807) is 7.05 Å². The molecule has 0 fully saturated rings. The van der Waals surface area contributed by atoms with Gasteiger partial charge in [0.2, 0.25) is 0 Å². The molecule has 1 unspecified atom stereocenters. The van der Waals surface area contributed by atoms with E-state index in [1.165, 1.54) is 4.90 Å². The van der Waals surface area contributed by atoms with Crippen molar-refractivity contribution in [2.75, 3.05) is 13.6 Å². The van der Waals surface area contributed by atoms with Crippen molar-refractivity contribution in [1.82, 2.24) is 4.90 Å². The molecule has 17 heavy (non-hydrogen) atoms. The van der Waals surface area contributed by atoms with Crippen molar-refractivity contribution in [3.05, 3.63) is 0 Å². The minimum absolute atomic E-state index is 0.0640. The van der Waals surface area contributed by atoms with E-state index >= 15 is 0 Å². The van der Waals surface area contributed by atoms with Gasteiger partial charge in [0.25, 0.3) is 0 Å². The first kappa shape index (κ1) is 16.8. The smallest absolute Gasteiger partial charge is 0.295 e. The predicted molar refractivity (Wildman–Crippen MR) is 66.0 cm³/mol. The molecule has 4 heteroatoms. The SMILES string of the molecule is CC(C)CCCN(C)C(CC(C)C)C(F)(F)F. The molecule has 0 radical (unpaired) electrons. The summed E-state index contributed by atoms with van der Waals surface area (Å²) in [5.41, 5.74) is 0. The second-order valence-electron chi connectivity index (χ2n) is 5.70. The van der Waals surface area contributed by atoms with Crippen LogP contribution in [0, 0.1) is 11.8 Å². The summed E-state index contributed by atoms with van der Waals surface area (Å²) in [6.45, 7) is 8.38. The van der Waals surface area contributed by atoms with Crippen molar-refractivity contribution in [2.45, 2.75) is 59.2 Å². The molecule has 104 valence electrons.